The van der Waals surface area contributed by atoms with Gasteiger partial charge in [-0.15, -0.1) is 11.3 Å². The molecule has 0 saturated carbocycles. The second kappa shape index (κ2) is 5.28. The molecule has 0 aromatic carbocycles. The van der Waals surface area contributed by atoms with Crippen molar-refractivity contribution < 1.29 is 13.2 Å². The van der Waals surface area contributed by atoms with Crippen molar-refractivity contribution in [2.45, 2.75) is 17.1 Å². The van der Waals surface area contributed by atoms with Crippen LogP contribution in [-0.4, -0.2) is 31.7 Å². The molecule has 1 amide bonds. The number of hydrogen-bond donors (Lipinski definition) is 1. The summed E-state index contributed by atoms with van der Waals surface area (Å²) < 4.78 is 27.0. The molecule has 2 rings (SSSR count). The molecule has 1 aliphatic heterocycles. The third kappa shape index (κ3) is 2.61. The lowest BCUT2D eigenvalue weighted by molar-refractivity contribution is -0.122. The molecule has 1 fully saturated rings. The first kappa shape index (κ1) is 14.0. The molecule has 2 heterocycles. The third-order valence-electron chi connectivity index (χ3n) is 2.95. The summed E-state index contributed by atoms with van der Waals surface area (Å²) in [5, 5.41) is 1.71. The molecular formula is C10H13BrN2O3S2. The number of primary amides is 1. The van der Waals surface area contributed by atoms with Gasteiger partial charge in [0.05, 0.1) is 5.92 Å². The highest BCUT2D eigenvalue weighted by atomic mass is 79.9. The van der Waals surface area contributed by atoms with Crippen LogP contribution in [0.4, 0.5) is 0 Å². The zero-order chi connectivity index (χ0) is 13.3. The highest BCUT2D eigenvalue weighted by Crippen LogP contribution is 2.32. The van der Waals surface area contributed by atoms with Crippen molar-refractivity contribution in [2.24, 2.45) is 11.7 Å². The first-order valence-electron chi connectivity index (χ1n) is 5.45. The Balaban J connectivity index is 2.26. The average Bonchev–Trinajstić information content (AvgIpc) is 2.76. The Morgan fingerprint density at radius 2 is 2.28 bits per heavy atom. The van der Waals surface area contributed by atoms with Crippen molar-refractivity contribution in [2.75, 3.05) is 13.1 Å². The number of hydrogen-bond acceptors (Lipinski definition) is 4. The minimum Gasteiger partial charge on any atom is -0.369 e. The topological polar surface area (TPSA) is 80.5 Å². The second-order valence-electron chi connectivity index (χ2n) is 4.16. The van der Waals surface area contributed by atoms with E-state index in [1.54, 1.807) is 11.4 Å². The Kier molecular flexibility index (Phi) is 4.10. The van der Waals surface area contributed by atoms with E-state index in [1.807, 2.05) is 0 Å². The zero-order valence-corrected chi connectivity index (χ0v) is 12.7. The van der Waals surface area contributed by atoms with E-state index < -0.39 is 15.9 Å². The van der Waals surface area contributed by atoms with Gasteiger partial charge in [0, 0.05) is 17.6 Å². The maximum absolute atomic E-state index is 12.4. The standard InChI is InChI=1S/C10H13BrN2O3S2/c11-8-3-5-17-10(8)18(15,16)13-4-1-2-7(6-13)9(12)14/h3,5,7H,1-2,4,6H2,(H2,12,14). The molecular weight excluding hydrogens is 340 g/mol. The van der Waals surface area contributed by atoms with Gasteiger partial charge in [0.1, 0.15) is 4.21 Å². The second-order valence-corrected chi connectivity index (χ2v) is 8.06. The fourth-order valence-corrected chi connectivity index (χ4v) is 5.95. The quantitative estimate of drug-likeness (QED) is 0.892. The molecule has 0 aliphatic carbocycles. The lowest BCUT2D eigenvalue weighted by Gasteiger charge is -2.29. The van der Waals surface area contributed by atoms with E-state index in [1.165, 1.54) is 15.6 Å². The molecule has 0 radical (unpaired) electrons. The lowest BCUT2D eigenvalue weighted by atomic mass is 9.99. The monoisotopic (exact) mass is 352 g/mol. The molecule has 0 bridgehead atoms. The van der Waals surface area contributed by atoms with E-state index >= 15 is 0 Å². The summed E-state index contributed by atoms with van der Waals surface area (Å²) in [6.07, 6.45) is 1.32. The summed E-state index contributed by atoms with van der Waals surface area (Å²) >= 11 is 4.39. The maximum atomic E-state index is 12.4. The Morgan fingerprint density at radius 1 is 1.56 bits per heavy atom. The lowest BCUT2D eigenvalue weighted by Crippen LogP contribution is -2.43. The number of halogens is 1. The molecule has 1 aromatic rings. The molecule has 1 atom stereocenters. The van der Waals surface area contributed by atoms with Crippen LogP contribution in [0.25, 0.3) is 0 Å². The first-order valence-corrected chi connectivity index (χ1v) is 8.56. The van der Waals surface area contributed by atoms with Crippen LogP contribution in [0, 0.1) is 5.92 Å². The van der Waals surface area contributed by atoms with Crippen LogP contribution in [0.2, 0.25) is 0 Å². The van der Waals surface area contributed by atoms with Crippen molar-refractivity contribution in [3.05, 3.63) is 15.9 Å². The molecule has 100 valence electrons. The molecule has 1 unspecified atom stereocenters. The number of amides is 1. The van der Waals surface area contributed by atoms with Gasteiger partial charge in [-0.1, -0.05) is 0 Å². The molecule has 5 nitrogen and oxygen atoms in total. The molecule has 1 aromatic heterocycles. The zero-order valence-electron chi connectivity index (χ0n) is 9.50. The summed E-state index contributed by atoms with van der Waals surface area (Å²) in [5.41, 5.74) is 5.25. The molecule has 2 N–H and O–H groups in total. The van der Waals surface area contributed by atoms with E-state index in [9.17, 15) is 13.2 Å². The van der Waals surface area contributed by atoms with E-state index in [4.69, 9.17) is 5.73 Å². The fraction of sp³-hybridized carbons (Fsp3) is 0.500. The number of rotatable bonds is 3. The van der Waals surface area contributed by atoms with Gasteiger partial charge in [-0.2, -0.15) is 4.31 Å². The minimum absolute atomic E-state index is 0.183. The van der Waals surface area contributed by atoms with E-state index in [0.29, 0.717) is 23.9 Å². The van der Waals surface area contributed by atoms with Gasteiger partial charge in [-0.3, -0.25) is 4.79 Å². The summed E-state index contributed by atoms with van der Waals surface area (Å²) in [6.45, 7) is 0.623. The SMILES string of the molecule is NC(=O)C1CCCN(S(=O)(=O)c2sccc2Br)C1. The van der Waals surface area contributed by atoms with Crippen LogP contribution in [0.1, 0.15) is 12.8 Å². The Hall–Kier alpha value is -0.440. The highest BCUT2D eigenvalue weighted by molar-refractivity contribution is 9.10. The fourth-order valence-electron chi connectivity index (χ4n) is 1.97. The smallest absolute Gasteiger partial charge is 0.253 e. The summed E-state index contributed by atoms with van der Waals surface area (Å²) in [4.78, 5) is 11.2. The highest BCUT2D eigenvalue weighted by Gasteiger charge is 2.34. The minimum atomic E-state index is -3.52. The Labute approximate surface area is 118 Å². The Bertz CT molecular complexity index is 555. The van der Waals surface area contributed by atoms with Crippen molar-refractivity contribution in [3.63, 3.8) is 0 Å². The maximum Gasteiger partial charge on any atom is 0.253 e. The van der Waals surface area contributed by atoms with E-state index in [0.717, 1.165) is 0 Å². The Morgan fingerprint density at radius 3 is 2.83 bits per heavy atom. The van der Waals surface area contributed by atoms with E-state index in [-0.39, 0.29) is 16.7 Å². The number of thiophene rings is 1. The van der Waals surface area contributed by atoms with Gasteiger partial charge in [-0.25, -0.2) is 8.42 Å². The number of carbonyl (C=O) groups is 1. The van der Waals surface area contributed by atoms with Crippen molar-refractivity contribution >= 4 is 43.2 Å². The van der Waals surface area contributed by atoms with Crippen LogP contribution >= 0.6 is 27.3 Å². The van der Waals surface area contributed by atoms with E-state index in [2.05, 4.69) is 15.9 Å². The molecule has 18 heavy (non-hydrogen) atoms. The molecule has 1 aliphatic rings. The van der Waals surface area contributed by atoms with Crippen molar-refractivity contribution in [1.29, 1.82) is 0 Å². The van der Waals surface area contributed by atoms with Gasteiger partial charge < -0.3 is 5.73 Å². The molecule has 8 heteroatoms. The summed E-state index contributed by atoms with van der Waals surface area (Å²) in [5.74, 6) is -0.813. The van der Waals surface area contributed by atoms with Gasteiger partial charge in [0.15, 0.2) is 0 Å². The average molecular weight is 353 g/mol. The van der Waals surface area contributed by atoms with Gasteiger partial charge in [0.25, 0.3) is 10.0 Å². The molecule has 0 spiro atoms. The first-order chi connectivity index (χ1) is 8.43. The van der Waals surface area contributed by atoms with Crippen LogP contribution in [0.5, 0.6) is 0 Å². The van der Waals surface area contributed by atoms with Crippen LogP contribution in [0.15, 0.2) is 20.1 Å². The van der Waals surface area contributed by atoms with Crippen LogP contribution < -0.4 is 5.73 Å². The van der Waals surface area contributed by atoms with Gasteiger partial charge in [0.2, 0.25) is 5.91 Å². The largest absolute Gasteiger partial charge is 0.369 e. The summed E-state index contributed by atoms with van der Waals surface area (Å²) in [7, 11) is -3.52. The summed E-state index contributed by atoms with van der Waals surface area (Å²) in [6, 6.07) is 1.70. The van der Waals surface area contributed by atoms with Crippen molar-refractivity contribution in [1.82, 2.24) is 4.31 Å². The van der Waals surface area contributed by atoms with Gasteiger partial charge >= 0.3 is 0 Å². The number of sulfonamides is 1. The van der Waals surface area contributed by atoms with Crippen LogP contribution in [-0.2, 0) is 14.8 Å². The molecule has 1 saturated heterocycles. The van der Waals surface area contributed by atoms with Crippen molar-refractivity contribution in [3.8, 4) is 0 Å². The number of nitrogens with zero attached hydrogens (tertiary/aromatic N) is 1. The third-order valence-corrected chi connectivity index (χ3v) is 7.46. The van der Waals surface area contributed by atoms with Gasteiger partial charge in [-0.05, 0) is 40.2 Å². The predicted molar refractivity (Wildman–Crippen MR) is 72.7 cm³/mol. The normalized spacial score (nSPS) is 21.9. The van der Waals surface area contributed by atoms with Crippen LogP contribution in [0.3, 0.4) is 0 Å². The number of piperidine rings is 1. The predicted octanol–water partition coefficient (Wildman–Crippen LogP) is 1.40. The number of carbonyl (C=O) groups excluding carboxylic acids is 1. The number of nitrogens with two attached hydrogens (primary N) is 1.